The molecule has 1 aliphatic heterocycles. The molecule has 1 atom stereocenters. The first-order valence-electron chi connectivity index (χ1n) is 9.48. The maximum atomic E-state index is 12.7. The molecule has 0 bridgehead atoms. The molecule has 1 aliphatic carbocycles. The number of benzene rings is 1. The maximum absolute atomic E-state index is 12.7. The van der Waals surface area contributed by atoms with E-state index in [2.05, 4.69) is 33.4 Å². The Morgan fingerprint density at radius 1 is 1.38 bits per heavy atom. The molecule has 1 fully saturated rings. The lowest BCUT2D eigenvalue weighted by atomic mass is 9.88. The number of amides is 1. The number of aromatic amines is 1. The molecule has 1 aromatic carbocycles. The molecular formula is C20H26N4O2. The van der Waals surface area contributed by atoms with Gasteiger partial charge in [0.05, 0.1) is 12.8 Å². The van der Waals surface area contributed by atoms with Crippen LogP contribution in [-0.4, -0.2) is 53.8 Å². The van der Waals surface area contributed by atoms with Gasteiger partial charge in [-0.15, -0.1) is 0 Å². The third-order valence-electron chi connectivity index (χ3n) is 5.73. The largest absolute Gasteiger partial charge is 0.496 e. The second-order valence-corrected chi connectivity index (χ2v) is 7.05. The number of likely N-dealkylation sites (N-methyl/N-ethyl adjacent to an activating group) is 1. The van der Waals surface area contributed by atoms with E-state index in [9.17, 15) is 4.79 Å². The highest BCUT2D eigenvalue weighted by molar-refractivity contribution is 5.96. The molecule has 0 unspecified atom stereocenters. The molecule has 1 saturated heterocycles. The Morgan fingerprint density at radius 3 is 3.04 bits per heavy atom. The lowest BCUT2D eigenvalue weighted by Gasteiger charge is -2.23. The minimum absolute atomic E-state index is 0.0481. The van der Waals surface area contributed by atoms with Crippen molar-refractivity contribution < 1.29 is 9.53 Å². The first-order chi connectivity index (χ1) is 12.7. The minimum atomic E-state index is -0.0481. The Kier molecular flexibility index (Phi) is 4.68. The first kappa shape index (κ1) is 17.1. The summed E-state index contributed by atoms with van der Waals surface area (Å²) in [5.74, 6) is 0.844. The zero-order valence-corrected chi connectivity index (χ0v) is 15.5. The van der Waals surface area contributed by atoms with E-state index in [-0.39, 0.29) is 5.91 Å². The SMILES string of the molecule is CCN1CCC[C@@H]1CNC(=O)c1[nH]nc2c1CCc1c(OC)cccc1-2. The first-order valence-corrected chi connectivity index (χ1v) is 9.48. The minimum Gasteiger partial charge on any atom is -0.496 e. The standard InChI is InChI=1S/C20H26N4O2/c1-3-24-11-5-6-13(24)12-21-20(25)19-16-10-9-14-15(18(16)22-23-19)7-4-8-17(14)26-2/h4,7-8,13H,3,5-6,9-12H2,1-2H3,(H,21,25)(H,22,23)/t13-/m1/s1. The number of nitrogens with one attached hydrogen (secondary N) is 2. The Labute approximate surface area is 153 Å². The zero-order chi connectivity index (χ0) is 18.1. The van der Waals surface area contributed by atoms with Gasteiger partial charge < -0.3 is 10.1 Å². The molecule has 2 heterocycles. The molecule has 0 radical (unpaired) electrons. The summed E-state index contributed by atoms with van der Waals surface area (Å²) in [5.41, 5.74) is 4.74. The Hall–Kier alpha value is -2.34. The number of carbonyl (C=O) groups excluding carboxylic acids is 1. The van der Waals surface area contributed by atoms with E-state index < -0.39 is 0 Å². The van der Waals surface area contributed by atoms with Crippen molar-refractivity contribution in [2.75, 3.05) is 26.7 Å². The van der Waals surface area contributed by atoms with E-state index in [0.717, 1.165) is 54.9 Å². The van der Waals surface area contributed by atoms with Crippen molar-refractivity contribution in [1.29, 1.82) is 0 Å². The predicted octanol–water partition coefficient (Wildman–Crippen LogP) is 2.40. The average Bonchev–Trinajstić information content (AvgIpc) is 3.31. The summed E-state index contributed by atoms with van der Waals surface area (Å²) < 4.78 is 5.48. The van der Waals surface area contributed by atoms with E-state index in [0.29, 0.717) is 18.3 Å². The third-order valence-corrected chi connectivity index (χ3v) is 5.73. The van der Waals surface area contributed by atoms with Crippen molar-refractivity contribution in [1.82, 2.24) is 20.4 Å². The highest BCUT2D eigenvalue weighted by Crippen LogP contribution is 2.37. The van der Waals surface area contributed by atoms with Crippen molar-refractivity contribution in [3.63, 3.8) is 0 Å². The molecule has 2 N–H and O–H groups in total. The average molecular weight is 354 g/mol. The quantitative estimate of drug-likeness (QED) is 0.865. The second kappa shape index (κ2) is 7.11. The van der Waals surface area contributed by atoms with Crippen molar-refractivity contribution in [2.24, 2.45) is 0 Å². The van der Waals surface area contributed by atoms with E-state index in [4.69, 9.17) is 4.74 Å². The van der Waals surface area contributed by atoms with Crippen LogP contribution in [0.5, 0.6) is 5.75 Å². The summed E-state index contributed by atoms with van der Waals surface area (Å²) in [7, 11) is 1.69. The van der Waals surface area contributed by atoms with Gasteiger partial charge in [-0.25, -0.2) is 0 Å². The number of rotatable bonds is 5. The van der Waals surface area contributed by atoms with Crippen molar-refractivity contribution in [3.05, 3.63) is 35.0 Å². The van der Waals surface area contributed by atoms with Crippen LogP contribution in [0, 0.1) is 0 Å². The molecule has 26 heavy (non-hydrogen) atoms. The van der Waals surface area contributed by atoms with Crippen LogP contribution in [0.4, 0.5) is 0 Å². The summed E-state index contributed by atoms with van der Waals surface area (Å²) in [6.07, 6.45) is 4.03. The topological polar surface area (TPSA) is 70.2 Å². The fraction of sp³-hybridized carbons (Fsp3) is 0.500. The molecule has 4 rings (SSSR count). The van der Waals surface area contributed by atoms with Crippen LogP contribution in [0.1, 0.15) is 41.4 Å². The van der Waals surface area contributed by atoms with Gasteiger partial charge >= 0.3 is 0 Å². The van der Waals surface area contributed by atoms with Gasteiger partial charge in [0.15, 0.2) is 0 Å². The third kappa shape index (κ3) is 2.88. The van der Waals surface area contributed by atoms with Crippen LogP contribution in [0.3, 0.4) is 0 Å². The molecular weight excluding hydrogens is 328 g/mol. The van der Waals surface area contributed by atoms with Gasteiger partial charge in [-0.05, 0) is 44.8 Å². The van der Waals surface area contributed by atoms with E-state index in [1.807, 2.05) is 12.1 Å². The van der Waals surface area contributed by atoms with Gasteiger partial charge in [0.1, 0.15) is 11.4 Å². The predicted molar refractivity (Wildman–Crippen MR) is 101 cm³/mol. The van der Waals surface area contributed by atoms with E-state index in [1.165, 1.54) is 12.0 Å². The van der Waals surface area contributed by atoms with Crippen LogP contribution >= 0.6 is 0 Å². The summed E-state index contributed by atoms with van der Waals surface area (Å²) >= 11 is 0. The lowest BCUT2D eigenvalue weighted by Crippen LogP contribution is -2.40. The number of hydrogen-bond donors (Lipinski definition) is 2. The summed E-state index contributed by atoms with van der Waals surface area (Å²) in [6, 6.07) is 6.45. The number of aromatic nitrogens is 2. The van der Waals surface area contributed by atoms with Crippen LogP contribution in [0.15, 0.2) is 18.2 Å². The van der Waals surface area contributed by atoms with E-state index >= 15 is 0 Å². The Morgan fingerprint density at radius 2 is 2.23 bits per heavy atom. The van der Waals surface area contributed by atoms with Crippen molar-refractivity contribution >= 4 is 5.91 Å². The van der Waals surface area contributed by atoms with Crippen molar-refractivity contribution in [3.8, 4) is 17.0 Å². The zero-order valence-electron chi connectivity index (χ0n) is 15.5. The number of H-pyrrole nitrogens is 1. The summed E-state index contributed by atoms with van der Waals surface area (Å²) in [5, 5.41) is 10.5. The number of fused-ring (bicyclic) bond motifs is 3. The van der Waals surface area contributed by atoms with Gasteiger partial charge in [-0.2, -0.15) is 5.10 Å². The highest BCUT2D eigenvalue weighted by Gasteiger charge is 2.28. The molecule has 1 aromatic heterocycles. The van der Waals surface area contributed by atoms with Gasteiger partial charge in [0.2, 0.25) is 0 Å². The van der Waals surface area contributed by atoms with Gasteiger partial charge in [0, 0.05) is 29.3 Å². The molecule has 2 aromatic rings. The number of methoxy groups -OCH3 is 1. The second-order valence-electron chi connectivity index (χ2n) is 7.05. The van der Waals surface area contributed by atoms with Crippen molar-refractivity contribution in [2.45, 2.75) is 38.6 Å². The van der Waals surface area contributed by atoms with Gasteiger partial charge in [0.25, 0.3) is 5.91 Å². The van der Waals surface area contributed by atoms with E-state index in [1.54, 1.807) is 7.11 Å². The fourth-order valence-corrected chi connectivity index (χ4v) is 4.35. The van der Waals surface area contributed by atoms with Crippen LogP contribution in [0.25, 0.3) is 11.3 Å². The monoisotopic (exact) mass is 354 g/mol. The Bertz CT molecular complexity index is 814. The van der Waals surface area contributed by atoms with Gasteiger partial charge in [-0.1, -0.05) is 19.1 Å². The molecule has 1 amide bonds. The molecule has 138 valence electrons. The molecule has 0 spiro atoms. The number of nitrogens with zero attached hydrogens (tertiary/aromatic N) is 2. The van der Waals surface area contributed by atoms with Crippen LogP contribution in [0.2, 0.25) is 0 Å². The summed E-state index contributed by atoms with van der Waals surface area (Å²) in [6.45, 7) is 5.05. The highest BCUT2D eigenvalue weighted by atomic mass is 16.5. The smallest absolute Gasteiger partial charge is 0.269 e. The number of ether oxygens (including phenoxy) is 1. The van der Waals surface area contributed by atoms with Crippen LogP contribution < -0.4 is 10.1 Å². The Balaban J connectivity index is 1.53. The summed E-state index contributed by atoms with van der Waals surface area (Å²) in [4.78, 5) is 15.2. The molecule has 2 aliphatic rings. The van der Waals surface area contributed by atoms with Crippen LogP contribution in [-0.2, 0) is 12.8 Å². The fourth-order valence-electron chi connectivity index (χ4n) is 4.35. The maximum Gasteiger partial charge on any atom is 0.269 e. The van der Waals surface area contributed by atoms with Gasteiger partial charge in [-0.3, -0.25) is 14.8 Å². The molecule has 6 nitrogen and oxygen atoms in total. The molecule has 0 saturated carbocycles. The molecule has 6 heteroatoms. The lowest BCUT2D eigenvalue weighted by molar-refractivity contribution is 0.0935. The number of likely N-dealkylation sites (tertiary alicyclic amines) is 1. The normalized spacial score (nSPS) is 19.1. The number of carbonyl (C=O) groups is 1. The number of hydrogen-bond acceptors (Lipinski definition) is 4.